The number of methoxy groups -OCH3 is 1. The van der Waals surface area contributed by atoms with Gasteiger partial charge in [0.2, 0.25) is 0 Å². The fourth-order valence-corrected chi connectivity index (χ4v) is 1.16. The third-order valence-electron chi connectivity index (χ3n) is 1.95. The molecule has 1 aromatic rings. The number of carbonyl (C=O) groups is 1. The number of Topliss-reactive ketones (excluding diaryl/α,β-unsaturated/α-hetero) is 1. The minimum atomic E-state index is -0.443. The van der Waals surface area contributed by atoms with Gasteiger partial charge in [0, 0.05) is 5.56 Å². The number of carbonyl (C=O) groups excluding carboxylic acids is 1. The van der Waals surface area contributed by atoms with E-state index in [-0.39, 0.29) is 18.1 Å². The lowest BCUT2D eigenvalue weighted by Crippen LogP contribution is -2.14. The maximum atomic E-state index is 13.3. The number of nitrogens with two attached hydrogens (primary N) is 1. The number of hydrogen-bond donors (Lipinski definition) is 1. The van der Waals surface area contributed by atoms with Gasteiger partial charge < -0.3 is 10.5 Å². The molecule has 0 aliphatic carbocycles. The summed E-state index contributed by atoms with van der Waals surface area (Å²) in [5.41, 5.74) is 5.95. The summed E-state index contributed by atoms with van der Waals surface area (Å²) in [6.07, 6.45) is 0. The van der Waals surface area contributed by atoms with Crippen LogP contribution in [0.5, 0.6) is 5.75 Å². The van der Waals surface area contributed by atoms with Crippen LogP contribution in [0.2, 0.25) is 0 Å². The maximum absolute atomic E-state index is 13.3. The summed E-state index contributed by atoms with van der Waals surface area (Å²) in [6.45, 7) is 1.49. The molecule has 0 aromatic heterocycles. The number of halogens is 1. The smallest absolute Gasteiger partial charge is 0.176 e. The second-order valence-electron chi connectivity index (χ2n) is 2.94. The average molecular weight is 197 g/mol. The third kappa shape index (κ3) is 1.90. The third-order valence-corrected chi connectivity index (χ3v) is 1.95. The van der Waals surface area contributed by atoms with Gasteiger partial charge in [-0.2, -0.15) is 0 Å². The number of aryl methyl sites for hydroxylation is 1. The first-order chi connectivity index (χ1) is 6.60. The van der Waals surface area contributed by atoms with Crippen molar-refractivity contribution in [2.45, 2.75) is 6.92 Å². The Bertz CT molecular complexity index is 363. The zero-order chi connectivity index (χ0) is 10.7. The van der Waals surface area contributed by atoms with Gasteiger partial charge in [-0.3, -0.25) is 4.79 Å². The molecule has 0 aliphatic heterocycles. The molecule has 0 saturated heterocycles. The molecule has 0 bridgehead atoms. The lowest BCUT2D eigenvalue weighted by Gasteiger charge is -2.07. The van der Waals surface area contributed by atoms with E-state index in [0.29, 0.717) is 11.1 Å². The van der Waals surface area contributed by atoms with Crippen LogP contribution in [0.3, 0.4) is 0 Å². The molecule has 76 valence electrons. The van der Waals surface area contributed by atoms with Gasteiger partial charge in [-0.1, -0.05) is 0 Å². The van der Waals surface area contributed by atoms with Crippen LogP contribution in [0.15, 0.2) is 12.1 Å². The zero-order valence-electron chi connectivity index (χ0n) is 8.13. The largest absolute Gasteiger partial charge is 0.494 e. The van der Waals surface area contributed by atoms with E-state index in [1.807, 2.05) is 0 Å². The zero-order valence-corrected chi connectivity index (χ0v) is 8.13. The van der Waals surface area contributed by atoms with Crippen LogP contribution >= 0.6 is 0 Å². The lowest BCUT2D eigenvalue weighted by molar-refractivity contribution is 0.100. The molecule has 3 nitrogen and oxygen atoms in total. The summed E-state index contributed by atoms with van der Waals surface area (Å²) in [4.78, 5) is 11.2. The van der Waals surface area contributed by atoms with E-state index in [1.54, 1.807) is 6.92 Å². The van der Waals surface area contributed by atoms with E-state index in [0.717, 1.165) is 0 Å². The summed E-state index contributed by atoms with van der Waals surface area (Å²) in [5, 5.41) is 0. The molecule has 0 fully saturated rings. The van der Waals surface area contributed by atoms with Gasteiger partial charge in [-0.25, -0.2) is 4.39 Å². The molecular weight excluding hydrogens is 185 g/mol. The van der Waals surface area contributed by atoms with E-state index in [2.05, 4.69) is 0 Å². The molecule has 0 amide bonds. The molecule has 0 radical (unpaired) electrons. The highest BCUT2D eigenvalue weighted by molar-refractivity contribution is 5.98. The standard InChI is InChI=1S/C10H12FNO2/c1-6-3-7(8(13)5-12)4-9(14-2)10(6)11/h3-4H,5,12H2,1-2H3. The van der Waals surface area contributed by atoms with E-state index < -0.39 is 5.82 Å². The van der Waals surface area contributed by atoms with Crippen molar-refractivity contribution in [3.05, 3.63) is 29.1 Å². The Morgan fingerprint density at radius 1 is 1.57 bits per heavy atom. The lowest BCUT2D eigenvalue weighted by atomic mass is 10.1. The Morgan fingerprint density at radius 2 is 2.21 bits per heavy atom. The van der Waals surface area contributed by atoms with Gasteiger partial charge in [0.15, 0.2) is 17.3 Å². The van der Waals surface area contributed by atoms with E-state index >= 15 is 0 Å². The highest BCUT2D eigenvalue weighted by atomic mass is 19.1. The van der Waals surface area contributed by atoms with Crippen LogP contribution in [0.25, 0.3) is 0 Å². The minimum absolute atomic E-state index is 0.0711. The van der Waals surface area contributed by atoms with Crippen molar-refractivity contribution in [1.82, 2.24) is 0 Å². The summed E-state index contributed by atoms with van der Waals surface area (Å²) in [7, 11) is 1.36. The predicted octanol–water partition coefficient (Wildman–Crippen LogP) is 1.28. The quantitative estimate of drug-likeness (QED) is 0.743. The first-order valence-electron chi connectivity index (χ1n) is 4.17. The van der Waals surface area contributed by atoms with Crippen molar-refractivity contribution < 1.29 is 13.9 Å². The summed E-state index contributed by atoms with van der Waals surface area (Å²) in [6, 6.07) is 2.82. The van der Waals surface area contributed by atoms with Crippen LogP contribution in [-0.2, 0) is 0 Å². The highest BCUT2D eigenvalue weighted by Gasteiger charge is 2.11. The SMILES string of the molecule is COc1cc(C(=O)CN)cc(C)c1F. The number of ketones is 1. The molecule has 0 atom stereocenters. The average Bonchev–Trinajstić information content (AvgIpc) is 2.20. The molecule has 2 N–H and O–H groups in total. The summed E-state index contributed by atoms with van der Waals surface area (Å²) in [5.74, 6) is -0.603. The number of rotatable bonds is 3. The molecule has 0 spiro atoms. The van der Waals surface area contributed by atoms with E-state index in [1.165, 1.54) is 19.2 Å². The minimum Gasteiger partial charge on any atom is -0.494 e. The van der Waals surface area contributed by atoms with Crippen molar-refractivity contribution in [2.24, 2.45) is 5.73 Å². The predicted molar refractivity (Wildman–Crippen MR) is 51.1 cm³/mol. The second-order valence-corrected chi connectivity index (χ2v) is 2.94. The van der Waals surface area contributed by atoms with Crippen molar-refractivity contribution >= 4 is 5.78 Å². The Labute approximate surface area is 81.7 Å². The molecule has 1 aromatic carbocycles. The van der Waals surface area contributed by atoms with Crippen molar-refractivity contribution in [2.75, 3.05) is 13.7 Å². The summed E-state index contributed by atoms with van der Waals surface area (Å²) >= 11 is 0. The fourth-order valence-electron chi connectivity index (χ4n) is 1.16. The fraction of sp³-hybridized carbons (Fsp3) is 0.300. The number of hydrogen-bond acceptors (Lipinski definition) is 3. The Morgan fingerprint density at radius 3 is 2.71 bits per heavy atom. The summed E-state index contributed by atoms with van der Waals surface area (Å²) < 4.78 is 18.1. The first-order valence-corrected chi connectivity index (χ1v) is 4.17. The van der Waals surface area contributed by atoms with E-state index in [4.69, 9.17) is 10.5 Å². The van der Waals surface area contributed by atoms with Gasteiger partial charge in [0.25, 0.3) is 0 Å². The molecular formula is C10H12FNO2. The number of benzene rings is 1. The topological polar surface area (TPSA) is 52.3 Å². The molecule has 0 unspecified atom stereocenters. The highest BCUT2D eigenvalue weighted by Crippen LogP contribution is 2.22. The molecule has 14 heavy (non-hydrogen) atoms. The normalized spacial score (nSPS) is 10.0. The van der Waals surface area contributed by atoms with Gasteiger partial charge in [0.1, 0.15) is 0 Å². The van der Waals surface area contributed by atoms with Crippen molar-refractivity contribution in [3.8, 4) is 5.75 Å². The monoisotopic (exact) mass is 197 g/mol. The molecule has 4 heteroatoms. The van der Waals surface area contributed by atoms with Gasteiger partial charge in [-0.05, 0) is 24.6 Å². The van der Waals surface area contributed by atoms with Crippen LogP contribution in [0.4, 0.5) is 4.39 Å². The van der Waals surface area contributed by atoms with Crippen molar-refractivity contribution in [1.29, 1.82) is 0 Å². The molecule has 0 aliphatic rings. The Hall–Kier alpha value is -1.42. The Kier molecular flexibility index (Phi) is 3.19. The molecule has 1 rings (SSSR count). The molecule has 0 saturated carbocycles. The van der Waals surface area contributed by atoms with Gasteiger partial charge in [0.05, 0.1) is 13.7 Å². The van der Waals surface area contributed by atoms with Crippen LogP contribution < -0.4 is 10.5 Å². The van der Waals surface area contributed by atoms with Gasteiger partial charge in [-0.15, -0.1) is 0 Å². The van der Waals surface area contributed by atoms with Crippen LogP contribution in [0.1, 0.15) is 15.9 Å². The first kappa shape index (κ1) is 10.7. The van der Waals surface area contributed by atoms with E-state index in [9.17, 15) is 9.18 Å². The maximum Gasteiger partial charge on any atom is 0.176 e. The number of ether oxygens (including phenoxy) is 1. The Balaban J connectivity index is 3.22. The van der Waals surface area contributed by atoms with Crippen molar-refractivity contribution in [3.63, 3.8) is 0 Å². The second kappa shape index (κ2) is 4.19. The van der Waals surface area contributed by atoms with Gasteiger partial charge >= 0.3 is 0 Å². The van der Waals surface area contributed by atoms with Crippen LogP contribution in [0, 0.1) is 12.7 Å². The molecule has 0 heterocycles. The van der Waals surface area contributed by atoms with Crippen LogP contribution in [-0.4, -0.2) is 19.4 Å².